The minimum absolute atomic E-state index is 0.00212. The maximum absolute atomic E-state index is 12.4. The molecule has 0 aromatic heterocycles. The smallest absolute Gasteiger partial charge is 0.329 e. The Balaban J connectivity index is 2.33. The summed E-state index contributed by atoms with van der Waals surface area (Å²) in [5, 5.41) is 2.46. The van der Waals surface area contributed by atoms with E-state index >= 15 is 0 Å². The van der Waals surface area contributed by atoms with Crippen LogP contribution in [0.1, 0.15) is 32.8 Å². The fraction of sp³-hybridized carbons (Fsp3) is 0.421. The Hall–Kier alpha value is -2.55. The molecule has 1 aromatic rings. The van der Waals surface area contributed by atoms with Crippen molar-refractivity contribution >= 4 is 39.9 Å². The SMILES string of the molecule is CCOc1cc(/C=C2/NC(=O)N(CC(=O)OC)C2=O)cc(Br)c1O[C@H](C)CC. The first-order chi connectivity index (χ1) is 13.3. The summed E-state index contributed by atoms with van der Waals surface area (Å²) in [6, 6.07) is 2.80. The Bertz CT molecular complexity index is 808. The number of hydrogen-bond donors (Lipinski definition) is 1. The van der Waals surface area contributed by atoms with Gasteiger partial charge in [-0.3, -0.25) is 9.59 Å². The molecule has 1 atom stereocenters. The number of hydrogen-bond acceptors (Lipinski definition) is 6. The van der Waals surface area contributed by atoms with Crippen LogP contribution < -0.4 is 14.8 Å². The van der Waals surface area contributed by atoms with Crippen LogP contribution in [-0.2, 0) is 14.3 Å². The van der Waals surface area contributed by atoms with E-state index in [0.717, 1.165) is 11.3 Å². The average molecular weight is 455 g/mol. The van der Waals surface area contributed by atoms with Crippen LogP contribution in [0.25, 0.3) is 6.08 Å². The van der Waals surface area contributed by atoms with Gasteiger partial charge in [0.2, 0.25) is 0 Å². The summed E-state index contributed by atoms with van der Waals surface area (Å²) >= 11 is 3.48. The van der Waals surface area contributed by atoms with E-state index < -0.39 is 24.5 Å². The van der Waals surface area contributed by atoms with Gasteiger partial charge < -0.3 is 19.5 Å². The summed E-state index contributed by atoms with van der Waals surface area (Å²) in [5.74, 6) is -0.193. The van der Waals surface area contributed by atoms with Crippen molar-refractivity contribution in [2.75, 3.05) is 20.3 Å². The molecule has 9 heteroatoms. The second-order valence-corrected chi connectivity index (χ2v) is 6.91. The number of amides is 3. The first kappa shape index (κ1) is 21.7. The topological polar surface area (TPSA) is 94.2 Å². The van der Waals surface area contributed by atoms with E-state index in [1.807, 2.05) is 20.8 Å². The third-order valence-electron chi connectivity index (χ3n) is 4.01. The summed E-state index contributed by atoms with van der Waals surface area (Å²) < 4.78 is 16.8. The number of carbonyl (C=O) groups excluding carboxylic acids is 3. The van der Waals surface area contributed by atoms with Gasteiger partial charge in [0.1, 0.15) is 12.2 Å². The number of methoxy groups -OCH3 is 1. The molecule has 8 nitrogen and oxygen atoms in total. The molecule has 0 radical (unpaired) electrons. The summed E-state index contributed by atoms with van der Waals surface area (Å²) in [4.78, 5) is 36.6. The number of halogens is 1. The van der Waals surface area contributed by atoms with E-state index in [0.29, 0.717) is 28.1 Å². The second kappa shape index (κ2) is 9.59. The minimum atomic E-state index is -0.683. The van der Waals surface area contributed by atoms with Crippen LogP contribution in [0, 0.1) is 0 Å². The molecule has 0 aliphatic carbocycles. The van der Waals surface area contributed by atoms with Gasteiger partial charge in [-0.05, 0) is 60.0 Å². The van der Waals surface area contributed by atoms with Gasteiger partial charge in [0.25, 0.3) is 5.91 Å². The number of rotatable bonds is 8. The summed E-state index contributed by atoms with van der Waals surface area (Å²) in [6.45, 7) is 5.82. The van der Waals surface area contributed by atoms with Crippen molar-refractivity contribution in [1.82, 2.24) is 10.2 Å². The van der Waals surface area contributed by atoms with Crippen LogP contribution >= 0.6 is 15.9 Å². The highest BCUT2D eigenvalue weighted by atomic mass is 79.9. The Kier molecular flexibility index (Phi) is 7.45. The maximum Gasteiger partial charge on any atom is 0.329 e. The van der Waals surface area contributed by atoms with Crippen LogP contribution in [0.15, 0.2) is 22.3 Å². The Morgan fingerprint density at radius 3 is 2.64 bits per heavy atom. The highest BCUT2D eigenvalue weighted by Crippen LogP contribution is 2.38. The lowest BCUT2D eigenvalue weighted by atomic mass is 10.1. The monoisotopic (exact) mass is 454 g/mol. The molecule has 1 aliphatic heterocycles. The normalized spacial score (nSPS) is 16.2. The first-order valence-electron chi connectivity index (χ1n) is 8.85. The largest absolute Gasteiger partial charge is 0.490 e. The number of imide groups is 1. The lowest BCUT2D eigenvalue weighted by Crippen LogP contribution is -2.36. The van der Waals surface area contributed by atoms with Crippen LogP contribution in [-0.4, -0.2) is 49.2 Å². The zero-order valence-corrected chi connectivity index (χ0v) is 17.8. The van der Waals surface area contributed by atoms with Crippen molar-refractivity contribution in [3.63, 3.8) is 0 Å². The van der Waals surface area contributed by atoms with E-state index in [-0.39, 0.29) is 11.8 Å². The molecule has 28 heavy (non-hydrogen) atoms. The van der Waals surface area contributed by atoms with Crippen LogP contribution in [0.4, 0.5) is 4.79 Å². The molecule has 0 spiro atoms. The van der Waals surface area contributed by atoms with Crippen molar-refractivity contribution in [3.05, 3.63) is 27.9 Å². The van der Waals surface area contributed by atoms with Crippen molar-refractivity contribution in [2.45, 2.75) is 33.3 Å². The molecule has 0 unspecified atom stereocenters. The zero-order chi connectivity index (χ0) is 20.8. The molecule has 1 aromatic carbocycles. The van der Waals surface area contributed by atoms with Gasteiger partial charge in [0.05, 0.1) is 24.3 Å². The summed E-state index contributed by atoms with van der Waals surface area (Å²) in [6.07, 6.45) is 2.35. The summed E-state index contributed by atoms with van der Waals surface area (Å²) in [7, 11) is 1.19. The third-order valence-corrected chi connectivity index (χ3v) is 4.60. The molecule has 1 N–H and O–H groups in total. The second-order valence-electron chi connectivity index (χ2n) is 6.06. The summed E-state index contributed by atoms with van der Waals surface area (Å²) in [5.41, 5.74) is 0.675. The quantitative estimate of drug-likeness (QED) is 0.368. The molecule has 1 saturated heterocycles. The van der Waals surface area contributed by atoms with Crippen LogP contribution in [0.5, 0.6) is 11.5 Å². The standard InChI is InChI=1S/C19H23BrN2O6/c1-5-11(3)28-17-13(20)7-12(9-15(17)27-6-2)8-14-18(24)22(19(25)21-14)10-16(23)26-4/h7-9,11H,5-6,10H2,1-4H3,(H,21,25)/b14-8+/t11-/m1/s1. The van der Waals surface area contributed by atoms with Gasteiger partial charge in [-0.25, -0.2) is 9.69 Å². The molecule has 2 rings (SSSR count). The fourth-order valence-corrected chi connectivity index (χ4v) is 2.96. The first-order valence-corrected chi connectivity index (χ1v) is 9.64. The number of nitrogens with one attached hydrogen (secondary N) is 1. The van der Waals surface area contributed by atoms with Gasteiger partial charge in [-0.15, -0.1) is 0 Å². The lowest BCUT2D eigenvalue weighted by Gasteiger charge is -2.18. The third kappa shape index (κ3) is 5.03. The van der Waals surface area contributed by atoms with Gasteiger partial charge in [0.15, 0.2) is 11.5 Å². The minimum Gasteiger partial charge on any atom is -0.490 e. The molecule has 1 heterocycles. The molecule has 1 fully saturated rings. The average Bonchev–Trinajstić information content (AvgIpc) is 2.91. The van der Waals surface area contributed by atoms with E-state index in [1.54, 1.807) is 12.1 Å². The Labute approximate surface area is 171 Å². The maximum atomic E-state index is 12.4. The molecular formula is C19H23BrN2O6. The fourth-order valence-electron chi connectivity index (χ4n) is 2.41. The highest BCUT2D eigenvalue weighted by molar-refractivity contribution is 9.10. The predicted molar refractivity (Wildman–Crippen MR) is 106 cm³/mol. The van der Waals surface area contributed by atoms with Gasteiger partial charge >= 0.3 is 12.0 Å². The van der Waals surface area contributed by atoms with E-state index in [1.165, 1.54) is 13.2 Å². The van der Waals surface area contributed by atoms with E-state index in [4.69, 9.17) is 9.47 Å². The molecule has 152 valence electrons. The number of carbonyl (C=O) groups is 3. The molecule has 3 amide bonds. The Morgan fingerprint density at radius 1 is 1.32 bits per heavy atom. The molecular weight excluding hydrogens is 432 g/mol. The highest BCUT2D eigenvalue weighted by Gasteiger charge is 2.35. The van der Waals surface area contributed by atoms with Crippen molar-refractivity contribution in [3.8, 4) is 11.5 Å². The lowest BCUT2D eigenvalue weighted by molar-refractivity contribution is -0.143. The molecule has 0 bridgehead atoms. The van der Waals surface area contributed by atoms with Crippen LogP contribution in [0.3, 0.4) is 0 Å². The predicted octanol–water partition coefficient (Wildman–Crippen LogP) is 3.09. The molecule has 0 saturated carbocycles. The van der Waals surface area contributed by atoms with Crippen molar-refractivity contribution < 1.29 is 28.6 Å². The Morgan fingerprint density at radius 2 is 2.04 bits per heavy atom. The number of urea groups is 1. The van der Waals surface area contributed by atoms with Gasteiger partial charge in [-0.1, -0.05) is 6.92 Å². The number of ether oxygens (including phenoxy) is 3. The number of nitrogens with zero attached hydrogens (tertiary/aromatic N) is 1. The van der Waals surface area contributed by atoms with Crippen molar-refractivity contribution in [1.29, 1.82) is 0 Å². The number of benzene rings is 1. The number of esters is 1. The van der Waals surface area contributed by atoms with Gasteiger partial charge in [0, 0.05) is 0 Å². The van der Waals surface area contributed by atoms with E-state index in [9.17, 15) is 14.4 Å². The van der Waals surface area contributed by atoms with Crippen molar-refractivity contribution in [2.24, 2.45) is 0 Å². The molecule has 1 aliphatic rings. The van der Waals surface area contributed by atoms with Gasteiger partial charge in [-0.2, -0.15) is 0 Å². The van der Waals surface area contributed by atoms with E-state index in [2.05, 4.69) is 26.0 Å². The van der Waals surface area contributed by atoms with Crippen LogP contribution in [0.2, 0.25) is 0 Å². The zero-order valence-electron chi connectivity index (χ0n) is 16.2.